The van der Waals surface area contributed by atoms with Gasteiger partial charge >= 0.3 is 0 Å². The number of rotatable bonds is 5. The number of likely N-dealkylation sites (N-methyl/N-ethyl adjacent to an activating group) is 1. The van der Waals surface area contributed by atoms with Crippen LogP contribution in [0.15, 0.2) is 0 Å². The van der Waals surface area contributed by atoms with E-state index in [1.54, 1.807) is 0 Å². The van der Waals surface area contributed by atoms with Crippen molar-refractivity contribution in [3.8, 4) is 0 Å². The lowest BCUT2D eigenvalue weighted by Crippen LogP contribution is -2.56. The fraction of sp³-hybridized carbons (Fsp3) is 1.00. The predicted molar refractivity (Wildman–Crippen MR) is 84.1 cm³/mol. The van der Waals surface area contributed by atoms with Gasteiger partial charge in [-0.2, -0.15) is 0 Å². The molecule has 1 N–H and O–H groups in total. The van der Waals surface area contributed by atoms with Gasteiger partial charge in [-0.3, -0.25) is 0 Å². The average molecular weight is 300 g/mol. The quantitative estimate of drug-likeness (QED) is 0.790. The van der Waals surface area contributed by atoms with Crippen LogP contribution in [0.1, 0.15) is 40.0 Å². The van der Waals surface area contributed by atoms with Crippen molar-refractivity contribution in [1.82, 2.24) is 0 Å². The smallest absolute Gasteiger partial charge is 0.126 e. The number of nitrogens with zero attached hydrogens (tertiary/aromatic N) is 1. The second-order valence-electron chi connectivity index (χ2n) is 8.38. The molecule has 2 rings (SSSR count). The number of aliphatic hydroxyl groups is 1. The normalized spacial score (nSPS) is 33.6. The lowest BCUT2D eigenvalue weighted by atomic mass is 9.71. The van der Waals surface area contributed by atoms with Crippen LogP contribution >= 0.6 is 0 Å². The summed E-state index contributed by atoms with van der Waals surface area (Å²) in [4.78, 5) is 0. The van der Waals surface area contributed by atoms with Gasteiger partial charge < -0.3 is 19.1 Å². The van der Waals surface area contributed by atoms with Crippen LogP contribution in [-0.4, -0.2) is 68.3 Å². The Morgan fingerprint density at radius 2 is 1.95 bits per heavy atom. The molecule has 0 aromatic rings. The van der Waals surface area contributed by atoms with Crippen LogP contribution in [0.4, 0.5) is 0 Å². The summed E-state index contributed by atoms with van der Waals surface area (Å²) in [5, 5.41) is 10.3. The molecule has 0 unspecified atom stereocenters. The predicted octanol–water partition coefficient (Wildman–Crippen LogP) is 2.06. The molecule has 0 bridgehead atoms. The average Bonchev–Trinajstić information content (AvgIpc) is 2.34. The molecular formula is C17H34NO3+. The molecule has 0 aromatic heterocycles. The second kappa shape index (κ2) is 6.95. The van der Waals surface area contributed by atoms with Crippen LogP contribution in [0.25, 0.3) is 0 Å². The molecule has 4 nitrogen and oxygen atoms in total. The lowest BCUT2D eigenvalue weighted by molar-refractivity contribution is -0.919. The maximum absolute atomic E-state index is 10.3. The highest BCUT2D eigenvalue weighted by molar-refractivity contribution is 4.83. The molecule has 2 fully saturated rings. The van der Waals surface area contributed by atoms with E-state index < -0.39 is 0 Å². The Labute approximate surface area is 130 Å². The molecule has 4 heteroatoms. The Morgan fingerprint density at radius 1 is 1.29 bits per heavy atom. The van der Waals surface area contributed by atoms with Gasteiger partial charge in [-0.1, -0.05) is 20.8 Å². The third-order valence-electron chi connectivity index (χ3n) is 5.07. The van der Waals surface area contributed by atoms with Crippen molar-refractivity contribution in [2.75, 3.05) is 46.5 Å². The Balaban J connectivity index is 1.74. The van der Waals surface area contributed by atoms with Crippen LogP contribution in [0.3, 0.4) is 0 Å². The van der Waals surface area contributed by atoms with Crippen LogP contribution in [0.2, 0.25) is 0 Å². The first-order chi connectivity index (χ1) is 9.78. The van der Waals surface area contributed by atoms with Gasteiger partial charge in [0.05, 0.1) is 33.0 Å². The van der Waals surface area contributed by atoms with Gasteiger partial charge in [0, 0.05) is 0 Å². The topological polar surface area (TPSA) is 38.7 Å². The fourth-order valence-electron chi connectivity index (χ4n) is 4.16. The van der Waals surface area contributed by atoms with Gasteiger partial charge in [-0.15, -0.1) is 0 Å². The minimum Gasteiger partial charge on any atom is -0.385 e. The van der Waals surface area contributed by atoms with Crippen molar-refractivity contribution >= 4 is 0 Å². The SMILES string of the molecule is C[C@@H]1C[C@@H](OC[C@@H](O)C[N+]2(C)CCOCC2)CC(C)(C)C1. The zero-order valence-corrected chi connectivity index (χ0v) is 14.3. The lowest BCUT2D eigenvalue weighted by Gasteiger charge is -2.40. The van der Waals surface area contributed by atoms with Crippen molar-refractivity contribution in [2.45, 2.75) is 52.2 Å². The Bertz CT molecular complexity index is 326. The number of quaternary nitrogens is 1. The Morgan fingerprint density at radius 3 is 2.57 bits per heavy atom. The van der Waals surface area contributed by atoms with Gasteiger partial charge in [0.25, 0.3) is 0 Å². The van der Waals surface area contributed by atoms with E-state index in [1.807, 2.05) is 0 Å². The molecule has 21 heavy (non-hydrogen) atoms. The molecule has 0 radical (unpaired) electrons. The van der Waals surface area contributed by atoms with E-state index in [-0.39, 0.29) is 6.10 Å². The van der Waals surface area contributed by atoms with Crippen LogP contribution in [0.5, 0.6) is 0 Å². The summed E-state index contributed by atoms with van der Waals surface area (Å²) in [6.07, 6.45) is 3.48. The third kappa shape index (κ3) is 5.51. The molecule has 3 atom stereocenters. The first-order valence-corrected chi connectivity index (χ1v) is 8.49. The molecule has 0 amide bonds. The first-order valence-electron chi connectivity index (χ1n) is 8.49. The maximum Gasteiger partial charge on any atom is 0.126 e. The highest BCUT2D eigenvalue weighted by Gasteiger charge is 2.33. The number of hydrogen-bond acceptors (Lipinski definition) is 3. The monoisotopic (exact) mass is 300 g/mol. The van der Waals surface area contributed by atoms with Gasteiger partial charge in [-0.25, -0.2) is 0 Å². The zero-order valence-electron chi connectivity index (χ0n) is 14.3. The van der Waals surface area contributed by atoms with E-state index in [0.717, 1.165) is 56.1 Å². The summed E-state index contributed by atoms with van der Waals surface area (Å²) in [7, 11) is 2.21. The van der Waals surface area contributed by atoms with Gasteiger partial charge in [-0.05, 0) is 30.6 Å². The van der Waals surface area contributed by atoms with Crippen molar-refractivity contribution in [3.63, 3.8) is 0 Å². The number of morpholine rings is 1. The molecule has 1 aliphatic carbocycles. The molecule has 1 aliphatic heterocycles. The number of aliphatic hydroxyl groups excluding tert-OH is 1. The molecule has 0 aromatic carbocycles. The van der Waals surface area contributed by atoms with E-state index in [1.165, 1.54) is 6.42 Å². The molecule has 1 saturated heterocycles. The summed E-state index contributed by atoms with van der Waals surface area (Å²) in [6.45, 7) is 11.8. The highest BCUT2D eigenvalue weighted by atomic mass is 16.5. The minimum absolute atomic E-state index is 0.313. The summed E-state index contributed by atoms with van der Waals surface area (Å²) in [5.41, 5.74) is 0.371. The minimum atomic E-state index is -0.367. The van der Waals surface area contributed by atoms with E-state index >= 15 is 0 Å². The van der Waals surface area contributed by atoms with Crippen molar-refractivity contribution in [2.24, 2.45) is 11.3 Å². The molecule has 1 saturated carbocycles. The van der Waals surface area contributed by atoms with Crippen LogP contribution < -0.4 is 0 Å². The van der Waals surface area contributed by atoms with Crippen molar-refractivity contribution < 1.29 is 19.1 Å². The van der Waals surface area contributed by atoms with Crippen LogP contribution in [0, 0.1) is 11.3 Å². The zero-order chi connectivity index (χ0) is 15.5. The van der Waals surface area contributed by atoms with Crippen molar-refractivity contribution in [1.29, 1.82) is 0 Å². The molecule has 2 aliphatic rings. The third-order valence-corrected chi connectivity index (χ3v) is 5.07. The summed E-state index contributed by atoms with van der Waals surface area (Å²) in [6, 6.07) is 0. The second-order valence-corrected chi connectivity index (χ2v) is 8.38. The fourth-order valence-corrected chi connectivity index (χ4v) is 4.16. The Kier molecular flexibility index (Phi) is 5.69. The van der Waals surface area contributed by atoms with Crippen LogP contribution in [-0.2, 0) is 9.47 Å². The van der Waals surface area contributed by atoms with E-state index in [9.17, 15) is 5.11 Å². The van der Waals surface area contributed by atoms with Gasteiger partial charge in [0.2, 0.25) is 0 Å². The number of hydrogen-bond donors (Lipinski definition) is 1. The molecular weight excluding hydrogens is 266 g/mol. The van der Waals surface area contributed by atoms with Crippen molar-refractivity contribution in [3.05, 3.63) is 0 Å². The summed E-state index contributed by atoms with van der Waals surface area (Å²) < 4.78 is 12.4. The largest absolute Gasteiger partial charge is 0.385 e. The summed E-state index contributed by atoms with van der Waals surface area (Å²) >= 11 is 0. The van der Waals surface area contributed by atoms with E-state index in [2.05, 4.69) is 27.8 Å². The Hall–Kier alpha value is -0.160. The van der Waals surface area contributed by atoms with Gasteiger partial charge in [0.15, 0.2) is 0 Å². The standard InChI is InChI=1S/C17H34NO3/c1-14-9-16(11-17(2,3)10-14)21-13-15(19)12-18(4)5-7-20-8-6-18/h14-16,19H,5-13H2,1-4H3/q+1/t14-,15+,16-/m1/s1. The van der Waals surface area contributed by atoms with E-state index in [0.29, 0.717) is 18.1 Å². The van der Waals surface area contributed by atoms with Gasteiger partial charge in [0.1, 0.15) is 25.7 Å². The highest BCUT2D eigenvalue weighted by Crippen LogP contribution is 2.39. The van der Waals surface area contributed by atoms with E-state index in [4.69, 9.17) is 9.47 Å². The molecule has 1 heterocycles. The maximum atomic E-state index is 10.3. The summed E-state index contributed by atoms with van der Waals surface area (Å²) in [5.74, 6) is 0.722. The first kappa shape index (κ1) is 17.2. The molecule has 124 valence electrons. The number of ether oxygens (including phenoxy) is 2. The molecule has 0 spiro atoms.